The first-order chi connectivity index (χ1) is 8.51. The van der Waals surface area contributed by atoms with Gasteiger partial charge in [-0.15, -0.1) is 0 Å². The van der Waals surface area contributed by atoms with Gasteiger partial charge in [0.25, 0.3) is 5.91 Å². The van der Waals surface area contributed by atoms with E-state index in [1.165, 1.54) is 17.7 Å². The summed E-state index contributed by atoms with van der Waals surface area (Å²) in [4.78, 5) is 11.5. The maximum absolute atomic E-state index is 14.1. The lowest BCUT2D eigenvalue weighted by Crippen LogP contribution is -2.31. The van der Waals surface area contributed by atoms with E-state index >= 15 is 0 Å². The van der Waals surface area contributed by atoms with Crippen molar-refractivity contribution in [1.82, 2.24) is 9.99 Å². The lowest BCUT2D eigenvalue weighted by atomic mass is 10.2. The summed E-state index contributed by atoms with van der Waals surface area (Å²) in [6, 6.07) is 3.08. The molecular formula is C11H11ClFN3O2. The SMILES string of the molecule is COc1cc2cc(C(=O)NN)n(C)c2c(F)c1Cl. The molecule has 1 aromatic heterocycles. The fourth-order valence-electron chi connectivity index (χ4n) is 1.87. The van der Waals surface area contributed by atoms with Crippen molar-refractivity contribution in [3.63, 3.8) is 0 Å². The van der Waals surface area contributed by atoms with Crippen LogP contribution < -0.4 is 16.0 Å². The summed E-state index contributed by atoms with van der Waals surface area (Å²) < 4.78 is 20.4. The molecule has 0 saturated carbocycles. The normalized spacial score (nSPS) is 10.7. The average molecular weight is 272 g/mol. The van der Waals surface area contributed by atoms with Crippen LogP contribution in [0, 0.1) is 5.82 Å². The topological polar surface area (TPSA) is 69.3 Å². The van der Waals surface area contributed by atoms with E-state index in [9.17, 15) is 9.18 Å². The molecule has 1 aromatic carbocycles. The van der Waals surface area contributed by atoms with Crippen molar-refractivity contribution >= 4 is 28.4 Å². The predicted octanol–water partition coefficient (Wildman–Crippen LogP) is 1.58. The molecule has 2 aromatic rings. The maximum Gasteiger partial charge on any atom is 0.281 e. The van der Waals surface area contributed by atoms with Gasteiger partial charge in [-0.2, -0.15) is 0 Å². The molecule has 3 N–H and O–H groups in total. The Balaban J connectivity index is 2.80. The van der Waals surface area contributed by atoms with E-state index in [-0.39, 0.29) is 22.0 Å². The third-order valence-electron chi connectivity index (χ3n) is 2.75. The van der Waals surface area contributed by atoms with Crippen LogP contribution in [-0.2, 0) is 7.05 Å². The van der Waals surface area contributed by atoms with Gasteiger partial charge in [0.2, 0.25) is 0 Å². The monoisotopic (exact) mass is 271 g/mol. The van der Waals surface area contributed by atoms with Crippen LogP contribution in [0.5, 0.6) is 5.75 Å². The zero-order chi connectivity index (χ0) is 13.4. The number of nitrogens with two attached hydrogens (primary N) is 1. The van der Waals surface area contributed by atoms with Crippen LogP contribution in [0.4, 0.5) is 4.39 Å². The highest BCUT2D eigenvalue weighted by atomic mass is 35.5. The molecule has 18 heavy (non-hydrogen) atoms. The number of carbonyl (C=O) groups is 1. The number of hydrogen-bond acceptors (Lipinski definition) is 3. The Bertz CT molecular complexity index is 639. The molecule has 0 saturated heterocycles. The number of halogens is 2. The third-order valence-corrected chi connectivity index (χ3v) is 3.10. The Morgan fingerprint density at radius 1 is 1.56 bits per heavy atom. The van der Waals surface area contributed by atoms with Gasteiger partial charge >= 0.3 is 0 Å². The summed E-state index contributed by atoms with van der Waals surface area (Å²) in [6.07, 6.45) is 0. The molecule has 96 valence electrons. The van der Waals surface area contributed by atoms with Crippen molar-refractivity contribution in [3.8, 4) is 5.75 Å². The summed E-state index contributed by atoms with van der Waals surface area (Å²) in [5.41, 5.74) is 2.45. The molecule has 0 fully saturated rings. The number of benzene rings is 1. The molecule has 0 unspecified atom stereocenters. The third kappa shape index (κ3) is 1.70. The van der Waals surface area contributed by atoms with Gasteiger partial charge in [-0.3, -0.25) is 10.2 Å². The standard InChI is InChI=1S/C11H11ClFN3O2/c1-16-6(11(17)15-14)3-5-4-7(18-2)8(12)9(13)10(5)16/h3-4H,14H2,1-2H3,(H,15,17). The number of methoxy groups -OCH3 is 1. The molecule has 0 aliphatic heterocycles. The fourth-order valence-corrected chi connectivity index (χ4v) is 2.09. The van der Waals surface area contributed by atoms with Crippen LogP contribution in [-0.4, -0.2) is 17.6 Å². The highest BCUT2D eigenvalue weighted by molar-refractivity contribution is 6.33. The molecule has 0 radical (unpaired) electrons. The summed E-state index contributed by atoms with van der Waals surface area (Å²) in [5.74, 6) is 4.13. The van der Waals surface area contributed by atoms with Gasteiger partial charge in [-0.05, 0) is 12.1 Å². The van der Waals surface area contributed by atoms with E-state index in [0.29, 0.717) is 5.39 Å². The number of nitrogens with zero attached hydrogens (tertiary/aromatic N) is 1. The van der Waals surface area contributed by atoms with Gasteiger partial charge in [0.1, 0.15) is 16.5 Å². The molecule has 2 rings (SSSR count). The van der Waals surface area contributed by atoms with Crippen LogP contribution in [0.25, 0.3) is 10.9 Å². The quantitative estimate of drug-likeness (QED) is 0.495. The van der Waals surface area contributed by atoms with Crippen LogP contribution >= 0.6 is 11.6 Å². The van der Waals surface area contributed by atoms with E-state index in [4.69, 9.17) is 22.2 Å². The van der Waals surface area contributed by atoms with E-state index in [1.807, 2.05) is 5.43 Å². The molecule has 1 heterocycles. The first-order valence-electron chi connectivity index (χ1n) is 5.03. The smallest absolute Gasteiger partial charge is 0.281 e. The molecule has 7 heteroatoms. The maximum atomic E-state index is 14.1. The first kappa shape index (κ1) is 12.7. The highest BCUT2D eigenvalue weighted by Gasteiger charge is 2.19. The van der Waals surface area contributed by atoms with Crippen LogP contribution in [0.2, 0.25) is 5.02 Å². The van der Waals surface area contributed by atoms with Gasteiger partial charge in [0.15, 0.2) is 5.82 Å². The minimum absolute atomic E-state index is 0.120. The number of hydrazine groups is 1. The van der Waals surface area contributed by atoms with Crippen molar-refractivity contribution in [2.24, 2.45) is 12.9 Å². The van der Waals surface area contributed by atoms with Gasteiger partial charge in [-0.1, -0.05) is 11.6 Å². The Labute approximate surface area is 107 Å². The summed E-state index contributed by atoms with van der Waals surface area (Å²) in [5, 5.41) is 0.390. The Morgan fingerprint density at radius 3 is 2.78 bits per heavy atom. The molecule has 0 aliphatic carbocycles. The molecule has 0 bridgehead atoms. The Kier molecular flexibility index (Phi) is 3.14. The number of ether oxygens (including phenoxy) is 1. The second kappa shape index (κ2) is 4.47. The molecule has 1 amide bonds. The zero-order valence-corrected chi connectivity index (χ0v) is 10.5. The largest absolute Gasteiger partial charge is 0.495 e. The second-order valence-corrected chi connectivity index (χ2v) is 4.08. The summed E-state index contributed by atoms with van der Waals surface area (Å²) in [7, 11) is 2.95. The lowest BCUT2D eigenvalue weighted by Gasteiger charge is -2.07. The summed E-state index contributed by atoms with van der Waals surface area (Å²) >= 11 is 5.83. The average Bonchev–Trinajstić information content (AvgIpc) is 2.70. The van der Waals surface area contributed by atoms with Crippen molar-refractivity contribution in [1.29, 1.82) is 0 Å². The number of carbonyl (C=O) groups excluding carboxylic acids is 1. The molecule has 0 spiro atoms. The minimum Gasteiger partial charge on any atom is -0.495 e. The van der Waals surface area contributed by atoms with E-state index in [1.54, 1.807) is 13.1 Å². The highest BCUT2D eigenvalue weighted by Crippen LogP contribution is 2.34. The van der Waals surface area contributed by atoms with Gasteiger partial charge in [0, 0.05) is 12.4 Å². The van der Waals surface area contributed by atoms with Gasteiger partial charge < -0.3 is 9.30 Å². The summed E-state index contributed by atoms with van der Waals surface area (Å²) in [6.45, 7) is 0. The second-order valence-electron chi connectivity index (χ2n) is 3.71. The van der Waals surface area contributed by atoms with Crippen molar-refractivity contribution in [2.45, 2.75) is 0 Å². The molecule has 5 nitrogen and oxygen atoms in total. The van der Waals surface area contributed by atoms with Gasteiger partial charge in [0.05, 0.1) is 12.6 Å². The fraction of sp³-hybridized carbons (Fsp3) is 0.182. The number of rotatable bonds is 2. The minimum atomic E-state index is -0.635. The lowest BCUT2D eigenvalue weighted by molar-refractivity contribution is 0.0946. The molecule has 0 atom stereocenters. The Morgan fingerprint density at radius 2 is 2.22 bits per heavy atom. The number of fused-ring (bicyclic) bond motifs is 1. The van der Waals surface area contributed by atoms with Crippen molar-refractivity contribution < 1.29 is 13.9 Å². The predicted molar refractivity (Wildman–Crippen MR) is 66.1 cm³/mol. The van der Waals surface area contributed by atoms with E-state index < -0.39 is 11.7 Å². The van der Waals surface area contributed by atoms with Crippen LogP contribution in [0.3, 0.4) is 0 Å². The number of aryl methyl sites for hydroxylation is 1. The molecular weight excluding hydrogens is 261 g/mol. The number of amides is 1. The van der Waals surface area contributed by atoms with E-state index in [0.717, 1.165) is 0 Å². The van der Waals surface area contributed by atoms with Crippen LogP contribution in [0.1, 0.15) is 10.5 Å². The Hall–Kier alpha value is -1.79. The number of nitrogen functional groups attached to an aromatic ring is 1. The van der Waals surface area contributed by atoms with Gasteiger partial charge in [-0.25, -0.2) is 10.2 Å². The van der Waals surface area contributed by atoms with Crippen molar-refractivity contribution in [2.75, 3.05) is 7.11 Å². The first-order valence-corrected chi connectivity index (χ1v) is 5.41. The zero-order valence-electron chi connectivity index (χ0n) is 9.75. The molecule has 0 aliphatic rings. The number of hydrogen-bond donors (Lipinski definition) is 2. The number of nitrogens with one attached hydrogen (secondary N) is 1. The van der Waals surface area contributed by atoms with E-state index in [2.05, 4.69) is 0 Å². The van der Waals surface area contributed by atoms with Crippen LogP contribution in [0.15, 0.2) is 12.1 Å². The van der Waals surface area contributed by atoms with Crippen molar-refractivity contribution in [3.05, 3.63) is 28.7 Å². The number of aromatic nitrogens is 1.